The molecule has 0 aliphatic rings. The lowest BCUT2D eigenvalue weighted by Gasteiger charge is -2.20. The number of ketones is 1. The van der Waals surface area contributed by atoms with Crippen LogP contribution in [-0.2, 0) is 17.6 Å². The van der Waals surface area contributed by atoms with Gasteiger partial charge in [-0.15, -0.1) is 0 Å². The number of carboxylic acid groups (broad SMARTS) is 1. The molecular formula is C26H30O6. The fraction of sp³-hybridized carbons (Fsp3) is 0.308. The van der Waals surface area contributed by atoms with E-state index < -0.39 is 5.97 Å². The molecule has 2 aromatic rings. The van der Waals surface area contributed by atoms with Crippen molar-refractivity contribution in [2.75, 3.05) is 13.2 Å². The number of carbonyl (C=O) groups is 2. The van der Waals surface area contributed by atoms with Gasteiger partial charge in [0.2, 0.25) is 0 Å². The first-order valence-electron chi connectivity index (χ1n) is 10.5. The van der Waals surface area contributed by atoms with Crippen LogP contribution >= 0.6 is 0 Å². The van der Waals surface area contributed by atoms with E-state index in [1.807, 2.05) is 20.8 Å². The third kappa shape index (κ3) is 6.23. The number of carboxylic acids is 1. The van der Waals surface area contributed by atoms with Gasteiger partial charge in [-0.1, -0.05) is 32.2 Å². The molecule has 0 atom stereocenters. The molecule has 0 saturated carbocycles. The topological polar surface area (TPSA) is 82.1 Å². The van der Waals surface area contributed by atoms with Crippen LogP contribution in [0.3, 0.4) is 0 Å². The molecule has 0 aliphatic carbocycles. The molecule has 6 heteroatoms. The monoisotopic (exact) mass is 438 g/mol. The van der Waals surface area contributed by atoms with Gasteiger partial charge >= 0.3 is 5.97 Å². The van der Waals surface area contributed by atoms with Crippen molar-refractivity contribution in [3.63, 3.8) is 0 Å². The van der Waals surface area contributed by atoms with Crippen LogP contribution in [0.15, 0.2) is 55.6 Å². The Kier molecular flexibility index (Phi) is 9.08. The molecule has 170 valence electrons. The molecule has 0 bridgehead atoms. The van der Waals surface area contributed by atoms with Crippen LogP contribution in [0.1, 0.15) is 47.8 Å². The second kappa shape index (κ2) is 11.7. The molecule has 0 saturated heterocycles. The van der Waals surface area contributed by atoms with Gasteiger partial charge in [0.25, 0.3) is 0 Å². The minimum Gasteiger partial charge on any atom is -0.491 e. The predicted octanol–water partition coefficient (Wildman–Crippen LogP) is 5.02. The average molecular weight is 439 g/mol. The molecular weight excluding hydrogens is 408 g/mol. The van der Waals surface area contributed by atoms with Gasteiger partial charge in [0.05, 0.1) is 18.1 Å². The van der Waals surface area contributed by atoms with Crippen molar-refractivity contribution in [3.05, 3.63) is 77.9 Å². The van der Waals surface area contributed by atoms with E-state index in [-0.39, 0.29) is 42.8 Å². The molecule has 6 nitrogen and oxygen atoms in total. The van der Waals surface area contributed by atoms with E-state index in [0.717, 1.165) is 0 Å². The van der Waals surface area contributed by atoms with Crippen LogP contribution in [0.5, 0.6) is 17.2 Å². The van der Waals surface area contributed by atoms with Crippen LogP contribution in [0.25, 0.3) is 0 Å². The van der Waals surface area contributed by atoms with Gasteiger partial charge in [-0.2, -0.15) is 0 Å². The van der Waals surface area contributed by atoms with Crippen molar-refractivity contribution < 1.29 is 28.9 Å². The van der Waals surface area contributed by atoms with E-state index in [9.17, 15) is 14.7 Å². The van der Waals surface area contributed by atoms with E-state index in [1.54, 1.807) is 42.5 Å². The number of benzene rings is 2. The van der Waals surface area contributed by atoms with Gasteiger partial charge in [0.15, 0.2) is 5.78 Å². The highest BCUT2D eigenvalue weighted by atomic mass is 16.5. The maximum atomic E-state index is 13.6. The summed E-state index contributed by atoms with van der Waals surface area (Å²) >= 11 is 0. The van der Waals surface area contributed by atoms with Crippen LogP contribution in [0.4, 0.5) is 0 Å². The van der Waals surface area contributed by atoms with Crippen LogP contribution in [0, 0.1) is 0 Å². The number of carbonyl (C=O) groups excluding carboxylic acids is 1. The number of hydrogen-bond acceptors (Lipinski definition) is 5. The summed E-state index contributed by atoms with van der Waals surface area (Å²) in [5.74, 6) is -0.0101. The standard InChI is InChI=1S/C26H30O6/c1-6-13-30-22-16-23(31-14-7-2)25(21(15-24(27)28)20(22)8-3)26(29)18-9-11-19(12-10-18)32-17(4)5/h6-7,9-12,16-17H,1-2,8,13-15H2,3-5H3,(H,27,28). The van der Waals surface area contributed by atoms with Gasteiger partial charge in [-0.25, -0.2) is 0 Å². The predicted molar refractivity (Wildman–Crippen MR) is 124 cm³/mol. The Labute approximate surface area is 189 Å². The molecule has 32 heavy (non-hydrogen) atoms. The SMILES string of the molecule is C=CCOc1cc(OCC=C)c(C(=O)c2ccc(OC(C)C)cc2)c(CC(=O)O)c1CC. The lowest BCUT2D eigenvalue weighted by Crippen LogP contribution is -2.16. The van der Waals surface area contributed by atoms with Crippen LogP contribution in [-0.4, -0.2) is 36.2 Å². The van der Waals surface area contributed by atoms with Crippen molar-refractivity contribution in [1.29, 1.82) is 0 Å². The Morgan fingerprint density at radius 2 is 1.59 bits per heavy atom. The summed E-state index contributed by atoms with van der Waals surface area (Å²) in [6, 6.07) is 8.40. The number of rotatable bonds is 13. The molecule has 0 unspecified atom stereocenters. The first-order valence-corrected chi connectivity index (χ1v) is 10.5. The average Bonchev–Trinajstić information content (AvgIpc) is 2.75. The summed E-state index contributed by atoms with van der Waals surface area (Å²) < 4.78 is 17.2. The smallest absolute Gasteiger partial charge is 0.307 e. The molecule has 2 rings (SSSR count). The Hall–Kier alpha value is -3.54. The van der Waals surface area contributed by atoms with Gasteiger partial charge in [-0.05, 0) is 55.7 Å². The van der Waals surface area contributed by atoms with E-state index >= 15 is 0 Å². The summed E-state index contributed by atoms with van der Waals surface area (Å²) in [6.07, 6.45) is 3.31. The lowest BCUT2D eigenvalue weighted by molar-refractivity contribution is -0.136. The van der Waals surface area contributed by atoms with Gasteiger partial charge in [0, 0.05) is 11.6 Å². The van der Waals surface area contributed by atoms with Crippen molar-refractivity contribution in [2.45, 2.75) is 39.7 Å². The summed E-state index contributed by atoms with van der Waals surface area (Å²) in [7, 11) is 0. The number of hydrogen-bond donors (Lipinski definition) is 1. The number of aliphatic carboxylic acids is 1. The minimum atomic E-state index is -1.05. The van der Waals surface area contributed by atoms with E-state index in [1.165, 1.54) is 0 Å². The molecule has 1 N–H and O–H groups in total. The number of ether oxygens (including phenoxy) is 3. The third-order valence-electron chi connectivity index (χ3n) is 4.58. The van der Waals surface area contributed by atoms with E-state index in [2.05, 4.69) is 13.2 Å². The maximum Gasteiger partial charge on any atom is 0.307 e. The summed E-state index contributed by atoms with van der Waals surface area (Å²) in [5.41, 5.74) is 1.66. The van der Waals surface area contributed by atoms with Crippen molar-refractivity contribution >= 4 is 11.8 Å². The zero-order chi connectivity index (χ0) is 23.7. The molecule has 0 heterocycles. The molecule has 0 spiro atoms. The molecule has 0 fully saturated rings. The Bertz CT molecular complexity index is 973. The first-order chi connectivity index (χ1) is 15.3. The Morgan fingerprint density at radius 1 is 1.00 bits per heavy atom. The molecule has 2 aromatic carbocycles. The van der Waals surface area contributed by atoms with Crippen LogP contribution < -0.4 is 14.2 Å². The minimum absolute atomic E-state index is 0.00727. The first kappa shape index (κ1) is 24.7. The van der Waals surface area contributed by atoms with Crippen molar-refractivity contribution in [2.24, 2.45) is 0 Å². The highest BCUT2D eigenvalue weighted by Crippen LogP contribution is 2.37. The highest BCUT2D eigenvalue weighted by Gasteiger charge is 2.26. The lowest BCUT2D eigenvalue weighted by atomic mass is 9.90. The quantitative estimate of drug-likeness (QED) is 0.349. The largest absolute Gasteiger partial charge is 0.491 e. The highest BCUT2D eigenvalue weighted by molar-refractivity contribution is 6.12. The van der Waals surface area contributed by atoms with E-state index in [4.69, 9.17) is 14.2 Å². The van der Waals surface area contributed by atoms with Gasteiger partial charge in [0.1, 0.15) is 30.5 Å². The second-order valence-corrected chi connectivity index (χ2v) is 7.35. The zero-order valence-electron chi connectivity index (χ0n) is 18.8. The maximum absolute atomic E-state index is 13.6. The van der Waals surface area contributed by atoms with Crippen molar-refractivity contribution in [3.8, 4) is 17.2 Å². The second-order valence-electron chi connectivity index (χ2n) is 7.35. The molecule has 0 amide bonds. The summed E-state index contributed by atoms with van der Waals surface area (Å²) in [4.78, 5) is 25.3. The Balaban J connectivity index is 2.67. The fourth-order valence-electron chi connectivity index (χ4n) is 3.35. The van der Waals surface area contributed by atoms with Crippen molar-refractivity contribution in [1.82, 2.24) is 0 Å². The molecule has 0 radical (unpaired) electrons. The normalized spacial score (nSPS) is 10.5. The third-order valence-corrected chi connectivity index (χ3v) is 4.58. The zero-order valence-corrected chi connectivity index (χ0v) is 18.8. The van der Waals surface area contributed by atoms with Crippen LogP contribution in [0.2, 0.25) is 0 Å². The molecule has 0 aromatic heterocycles. The molecule has 0 aliphatic heterocycles. The summed E-state index contributed by atoms with van der Waals surface area (Å²) in [5, 5.41) is 9.58. The fourth-order valence-corrected chi connectivity index (χ4v) is 3.35. The summed E-state index contributed by atoms with van der Waals surface area (Å²) in [6.45, 7) is 13.4. The van der Waals surface area contributed by atoms with Gasteiger partial charge < -0.3 is 19.3 Å². The van der Waals surface area contributed by atoms with E-state index in [0.29, 0.717) is 34.6 Å². The Morgan fingerprint density at radius 3 is 2.09 bits per heavy atom. The van der Waals surface area contributed by atoms with Gasteiger partial charge in [-0.3, -0.25) is 9.59 Å².